The summed E-state index contributed by atoms with van der Waals surface area (Å²) in [6.07, 6.45) is 47.4. The first-order chi connectivity index (χ1) is 51.5. The fourth-order valence-corrected chi connectivity index (χ4v) is 19.9. The van der Waals surface area contributed by atoms with E-state index < -0.39 is 0 Å². The average molecular weight is 1460 g/mol. The van der Waals surface area contributed by atoms with Gasteiger partial charge in [0.2, 0.25) is 35.6 Å². The van der Waals surface area contributed by atoms with Crippen LogP contribution in [0.25, 0.3) is 33.1 Å². The van der Waals surface area contributed by atoms with Crippen LogP contribution in [-0.4, -0.2) is 192 Å². The van der Waals surface area contributed by atoms with Crippen LogP contribution in [0.4, 0.5) is 17.8 Å². The minimum absolute atomic E-state index is 0.0690. The van der Waals surface area contributed by atoms with Crippen LogP contribution >= 0.6 is 0 Å². The van der Waals surface area contributed by atoms with Crippen molar-refractivity contribution in [3.63, 3.8) is 0 Å². The molecule has 6 aromatic heterocycles. The Hall–Kier alpha value is -6.49. The summed E-state index contributed by atoms with van der Waals surface area (Å²) in [5, 5.41) is 44.1. The second-order valence-corrected chi connectivity index (χ2v) is 34.1. The molecule has 5 saturated carbocycles. The molecule has 106 heavy (non-hydrogen) atoms. The maximum absolute atomic E-state index is 13.1. The number of hydrogen-bond acceptors (Lipinski definition) is 16. The van der Waals surface area contributed by atoms with Gasteiger partial charge >= 0.3 is 0 Å². The minimum Gasteiger partial charge on any atom is -0.393 e. The lowest BCUT2D eigenvalue weighted by Gasteiger charge is -2.35. The van der Waals surface area contributed by atoms with Crippen molar-refractivity contribution >= 4 is 68.7 Å². The topological polar surface area (TPSA) is 253 Å². The van der Waals surface area contributed by atoms with E-state index in [9.17, 15) is 29.7 Å². The smallest absolute Gasteiger partial charge is 0.239 e. The van der Waals surface area contributed by atoms with Crippen LogP contribution in [0.2, 0.25) is 0 Å². The Bertz CT molecular complexity index is 3650. The number of aliphatic hydroxyl groups is 3. The molecule has 6 aromatic rings. The summed E-state index contributed by atoms with van der Waals surface area (Å²) in [6, 6.07) is 2.18. The van der Waals surface area contributed by atoms with Crippen LogP contribution in [0.1, 0.15) is 312 Å². The van der Waals surface area contributed by atoms with Crippen molar-refractivity contribution < 1.29 is 29.7 Å². The Morgan fingerprint density at radius 3 is 0.962 bits per heavy atom. The zero-order valence-electron chi connectivity index (χ0n) is 65.5. The van der Waals surface area contributed by atoms with Gasteiger partial charge in [0.1, 0.15) is 16.9 Å². The molecule has 4 aliphatic heterocycles. The number of aliphatic hydroxyl groups excluding tert-OH is 3. The largest absolute Gasteiger partial charge is 0.393 e. The molecule has 9 fully saturated rings. The normalized spacial score (nSPS) is 25.9. The van der Waals surface area contributed by atoms with Crippen molar-refractivity contribution in [1.29, 1.82) is 0 Å². The lowest BCUT2D eigenvalue weighted by molar-refractivity contribution is -0.137. The molecule has 3 amide bonds. The lowest BCUT2D eigenvalue weighted by Crippen LogP contribution is -2.47. The monoisotopic (exact) mass is 1460 g/mol. The van der Waals surface area contributed by atoms with Crippen molar-refractivity contribution in [3.8, 4) is 0 Å². The van der Waals surface area contributed by atoms with Gasteiger partial charge in [-0.2, -0.15) is 15.0 Å². The summed E-state index contributed by atoms with van der Waals surface area (Å²) in [5.74, 6) is 5.03. The molecule has 0 bridgehead atoms. The van der Waals surface area contributed by atoms with Gasteiger partial charge < -0.3 is 59.7 Å². The van der Waals surface area contributed by atoms with Crippen LogP contribution in [0, 0.1) is 11.8 Å². The summed E-state index contributed by atoms with van der Waals surface area (Å²) >= 11 is 0. The minimum atomic E-state index is -0.176. The highest BCUT2D eigenvalue weighted by Gasteiger charge is 2.38. The van der Waals surface area contributed by atoms with Crippen molar-refractivity contribution in [2.24, 2.45) is 11.8 Å². The molecule has 0 aromatic carbocycles. The molecule has 22 heteroatoms. The highest BCUT2D eigenvalue weighted by Crippen LogP contribution is 2.44. The highest BCUT2D eigenvalue weighted by molar-refractivity contribution is 5.85. The molecule has 582 valence electrons. The first-order valence-electron chi connectivity index (χ1n) is 42.5. The SMILES string of the molecule is CCC[C@H](C)Nc1ncc2c(C3CCN(C(=O)C4CCCC4)CC3)cn(C3CCC(O)CC3)c2n1.CCC[C@H](C)Nc1ncc2c(C3CCN(C(=O)C4CCCC4)CC3)cn(C3CCC(O)CC3)c2n1.CCC[C@H](C)Nc1ncc2c(C3CCN(C(=O)C4CCCN4C)CC3)cn(C3CCC(O)CC3)c2n1. The molecule has 9 aliphatic rings. The first kappa shape index (κ1) is 77.7. The van der Waals surface area contributed by atoms with Crippen LogP contribution in [0.3, 0.4) is 0 Å². The summed E-state index contributed by atoms with van der Waals surface area (Å²) in [7, 11) is 2.08. The number of piperidine rings is 3. The molecule has 5 aliphatic carbocycles. The van der Waals surface area contributed by atoms with Gasteiger partial charge in [0.05, 0.1) is 24.4 Å². The highest BCUT2D eigenvalue weighted by atomic mass is 16.3. The number of likely N-dealkylation sites (tertiary alicyclic amines) is 4. The molecular weight excluding hydrogens is 1330 g/mol. The third kappa shape index (κ3) is 18.5. The van der Waals surface area contributed by atoms with E-state index in [0.717, 1.165) is 272 Å². The Labute approximate surface area is 631 Å². The van der Waals surface area contributed by atoms with E-state index in [2.05, 4.69) is 116 Å². The third-order valence-corrected chi connectivity index (χ3v) is 26.2. The number of likely N-dealkylation sites (N-methyl/N-ethyl adjacent to an activating group) is 1. The van der Waals surface area contributed by atoms with Crippen LogP contribution in [0.15, 0.2) is 37.2 Å². The number of hydrogen-bond donors (Lipinski definition) is 6. The molecule has 4 saturated heterocycles. The number of carbonyl (C=O) groups is 3. The maximum atomic E-state index is 13.1. The van der Waals surface area contributed by atoms with Crippen LogP contribution in [0.5, 0.6) is 0 Å². The molecule has 10 heterocycles. The number of nitrogens with zero attached hydrogens (tertiary/aromatic N) is 13. The standard InChI is InChI=1S/C28H44N6O2.2C28H43N5O2/c1-4-6-19(2)30-28-29-17-23-24(18-34(26(23)31-28)21-8-10-22(35)11-9-21)20-12-15-33(16-13-20)27(36)25-7-5-14-32(25)3;2*1-3-6-19(2)30-28-29-17-24-25(18-33(26(24)31-28)22-9-11-23(34)12-10-22)20-13-15-32(16-14-20)27(35)21-7-4-5-8-21/h17-22,25,35H,4-16H2,1-3H3,(H,29,30,31);2*17-23,34H,3-16H2,1-2H3,(H,29,30,31)/t19-,21?,22?,25?;2*19-,22?,23?/m000/s1. The summed E-state index contributed by atoms with van der Waals surface area (Å²) in [5.41, 5.74) is 7.06. The average Bonchev–Trinajstić information content (AvgIpc) is 1.63. The van der Waals surface area contributed by atoms with Gasteiger partial charge in [-0.25, -0.2) is 15.0 Å². The van der Waals surface area contributed by atoms with Crippen molar-refractivity contribution in [2.75, 3.05) is 68.8 Å². The van der Waals surface area contributed by atoms with E-state index in [-0.39, 0.29) is 36.2 Å². The van der Waals surface area contributed by atoms with Crippen molar-refractivity contribution in [3.05, 3.63) is 53.9 Å². The predicted molar refractivity (Wildman–Crippen MR) is 422 cm³/mol. The van der Waals surface area contributed by atoms with Crippen LogP contribution < -0.4 is 16.0 Å². The van der Waals surface area contributed by atoms with E-state index in [1.807, 2.05) is 18.6 Å². The van der Waals surface area contributed by atoms with E-state index in [1.54, 1.807) is 0 Å². The Morgan fingerprint density at radius 1 is 0.396 bits per heavy atom. The quantitative estimate of drug-likeness (QED) is 0.0392. The van der Waals surface area contributed by atoms with Crippen molar-refractivity contribution in [2.45, 2.75) is 338 Å². The van der Waals surface area contributed by atoms with Crippen molar-refractivity contribution in [1.82, 2.24) is 63.2 Å². The zero-order chi connectivity index (χ0) is 74.0. The number of amides is 3. The van der Waals surface area contributed by atoms with E-state index in [4.69, 9.17) is 29.9 Å². The van der Waals surface area contributed by atoms with Gasteiger partial charge in [-0.15, -0.1) is 0 Å². The fourth-order valence-electron chi connectivity index (χ4n) is 19.9. The van der Waals surface area contributed by atoms with Gasteiger partial charge in [0, 0.05) is 141 Å². The summed E-state index contributed by atoms with van der Waals surface area (Å²) in [6.45, 7) is 19.3. The molecule has 1 unspecified atom stereocenters. The Balaban J connectivity index is 0.000000141. The molecule has 4 atom stereocenters. The molecule has 0 radical (unpaired) electrons. The lowest BCUT2D eigenvalue weighted by atomic mass is 9.89. The predicted octanol–water partition coefficient (Wildman–Crippen LogP) is 15.1. The summed E-state index contributed by atoms with van der Waals surface area (Å²) < 4.78 is 7.13. The number of anilines is 3. The van der Waals surface area contributed by atoms with Gasteiger partial charge in [0.15, 0.2) is 0 Å². The van der Waals surface area contributed by atoms with Gasteiger partial charge in [-0.1, -0.05) is 65.7 Å². The molecule has 22 nitrogen and oxygen atoms in total. The zero-order valence-corrected chi connectivity index (χ0v) is 65.5. The Kier molecular flexibility index (Phi) is 26.6. The first-order valence-corrected chi connectivity index (χ1v) is 42.5. The van der Waals surface area contributed by atoms with E-state index in [1.165, 1.54) is 42.4 Å². The number of fused-ring (bicyclic) bond motifs is 3. The summed E-state index contributed by atoms with van der Waals surface area (Å²) in [4.78, 5) is 76.7. The fraction of sp³-hybridized carbons (Fsp3) is 0.750. The van der Waals surface area contributed by atoms with Gasteiger partial charge in [-0.3, -0.25) is 19.3 Å². The molecule has 0 spiro atoms. The second-order valence-electron chi connectivity index (χ2n) is 34.1. The molecule has 6 N–H and O–H groups in total. The van der Waals surface area contributed by atoms with Gasteiger partial charge in [-0.05, 0) is 242 Å². The van der Waals surface area contributed by atoms with Gasteiger partial charge in [0.25, 0.3) is 0 Å². The van der Waals surface area contributed by atoms with E-state index >= 15 is 0 Å². The Morgan fingerprint density at radius 2 is 0.689 bits per heavy atom. The molecular formula is C84H130N16O6. The second kappa shape index (κ2) is 36.4. The number of rotatable bonds is 21. The number of aromatic nitrogens is 9. The molecule has 15 rings (SSSR count). The van der Waals surface area contributed by atoms with E-state index in [0.29, 0.717) is 89.6 Å². The van der Waals surface area contributed by atoms with Crippen LogP contribution in [-0.2, 0) is 14.4 Å². The number of nitrogens with one attached hydrogen (secondary N) is 3. The number of carbonyl (C=O) groups excluding carboxylic acids is 3. The maximum Gasteiger partial charge on any atom is 0.239 e. The third-order valence-electron chi connectivity index (χ3n) is 26.2.